The fourth-order valence-electron chi connectivity index (χ4n) is 2.43. The van der Waals surface area contributed by atoms with Crippen molar-refractivity contribution in [3.05, 3.63) is 54.1 Å². The van der Waals surface area contributed by atoms with Crippen molar-refractivity contribution < 1.29 is 22.7 Å². The third-order valence-electron chi connectivity index (χ3n) is 4.10. The first-order chi connectivity index (χ1) is 13.4. The molecular formula is C20H24N2O5S. The Labute approximate surface area is 165 Å². The van der Waals surface area contributed by atoms with E-state index < -0.39 is 9.84 Å². The number of carbonyl (C=O) groups excluding carboxylic acids is 2. The van der Waals surface area contributed by atoms with Gasteiger partial charge in [-0.3, -0.25) is 9.59 Å². The van der Waals surface area contributed by atoms with Gasteiger partial charge in [0.25, 0.3) is 5.91 Å². The van der Waals surface area contributed by atoms with Gasteiger partial charge in [0.2, 0.25) is 5.91 Å². The minimum Gasteiger partial charge on any atom is -0.497 e. The predicted molar refractivity (Wildman–Crippen MR) is 107 cm³/mol. The van der Waals surface area contributed by atoms with Crippen LogP contribution in [0.4, 0.5) is 5.69 Å². The minimum absolute atomic E-state index is 0.0287. The number of hydrogen-bond acceptors (Lipinski definition) is 5. The van der Waals surface area contributed by atoms with Gasteiger partial charge in [-0.15, -0.1) is 0 Å². The highest BCUT2D eigenvalue weighted by atomic mass is 32.2. The second-order valence-corrected chi connectivity index (χ2v) is 8.34. The monoisotopic (exact) mass is 404 g/mol. The summed E-state index contributed by atoms with van der Waals surface area (Å²) in [5.41, 5.74) is 1.05. The summed E-state index contributed by atoms with van der Waals surface area (Å²) in [4.78, 5) is 24.2. The molecule has 28 heavy (non-hydrogen) atoms. The van der Waals surface area contributed by atoms with Gasteiger partial charge < -0.3 is 15.4 Å². The fraction of sp³-hybridized carbons (Fsp3) is 0.300. The highest BCUT2D eigenvalue weighted by Gasteiger charge is 2.11. The highest BCUT2D eigenvalue weighted by molar-refractivity contribution is 7.91. The Morgan fingerprint density at radius 1 is 1.00 bits per heavy atom. The maximum atomic E-state index is 12.0. The van der Waals surface area contributed by atoms with Gasteiger partial charge in [-0.05, 0) is 55.0 Å². The lowest BCUT2D eigenvalue weighted by molar-refractivity contribution is -0.116. The molecule has 2 aromatic rings. The lowest BCUT2D eigenvalue weighted by Gasteiger charge is -2.08. The second-order valence-electron chi connectivity index (χ2n) is 6.06. The molecule has 0 bridgehead atoms. The number of nitrogens with one attached hydrogen (secondary N) is 2. The molecular weight excluding hydrogens is 380 g/mol. The molecule has 0 fully saturated rings. The van der Waals surface area contributed by atoms with Crippen LogP contribution in [0.5, 0.6) is 5.75 Å². The normalized spacial score (nSPS) is 10.9. The molecule has 0 heterocycles. The van der Waals surface area contributed by atoms with Crippen LogP contribution < -0.4 is 15.4 Å². The van der Waals surface area contributed by atoms with Crippen LogP contribution in [-0.2, 0) is 14.6 Å². The van der Waals surface area contributed by atoms with Gasteiger partial charge in [0, 0.05) is 24.2 Å². The summed E-state index contributed by atoms with van der Waals surface area (Å²) in [6.45, 7) is 1.95. The molecule has 2 aromatic carbocycles. The van der Waals surface area contributed by atoms with E-state index >= 15 is 0 Å². The first-order valence-corrected chi connectivity index (χ1v) is 10.6. The molecule has 8 heteroatoms. The summed E-state index contributed by atoms with van der Waals surface area (Å²) < 4.78 is 28.6. The van der Waals surface area contributed by atoms with Gasteiger partial charge in [-0.2, -0.15) is 0 Å². The van der Waals surface area contributed by atoms with Crippen LogP contribution in [0.15, 0.2) is 53.4 Å². The number of ether oxygens (including phenoxy) is 1. The third-order valence-corrected chi connectivity index (χ3v) is 5.85. The van der Waals surface area contributed by atoms with Gasteiger partial charge in [-0.25, -0.2) is 8.42 Å². The van der Waals surface area contributed by atoms with Gasteiger partial charge in [0.05, 0.1) is 17.8 Å². The predicted octanol–water partition coefficient (Wildman–Crippen LogP) is 2.64. The van der Waals surface area contributed by atoms with Crippen molar-refractivity contribution in [2.24, 2.45) is 0 Å². The molecule has 0 aliphatic carbocycles. The van der Waals surface area contributed by atoms with Crippen molar-refractivity contribution in [3.63, 3.8) is 0 Å². The Morgan fingerprint density at radius 3 is 2.21 bits per heavy atom. The first-order valence-electron chi connectivity index (χ1n) is 8.90. The van der Waals surface area contributed by atoms with Crippen LogP contribution in [0.25, 0.3) is 0 Å². The molecule has 0 saturated carbocycles. The minimum atomic E-state index is -3.26. The van der Waals surface area contributed by atoms with E-state index in [0.717, 1.165) is 0 Å². The van der Waals surface area contributed by atoms with Crippen LogP contribution in [0.2, 0.25) is 0 Å². The number of methoxy groups -OCH3 is 1. The lowest BCUT2D eigenvalue weighted by Crippen LogP contribution is -2.25. The molecule has 150 valence electrons. The van der Waals surface area contributed by atoms with E-state index in [1.54, 1.807) is 50.4 Å². The van der Waals surface area contributed by atoms with E-state index in [0.29, 0.717) is 30.0 Å². The molecule has 7 nitrogen and oxygen atoms in total. The van der Waals surface area contributed by atoms with Crippen molar-refractivity contribution >= 4 is 27.3 Å². The number of hydrogen-bond donors (Lipinski definition) is 2. The molecule has 0 aromatic heterocycles. The zero-order valence-corrected chi connectivity index (χ0v) is 16.7. The summed E-state index contributed by atoms with van der Waals surface area (Å²) in [6, 6.07) is 12.8. The van der Waals surface area contributed by atoms with Gasteiger partial charge in [0.1, 0.15) is 5.75 Å². The van der Waals surface area contributed by atoms with Crippen LogP contribution in [0, 0.1) is 0 Å². The van der Waals surface area contributed by atoms with Crippen molar-refractivity contribution in [2.45, 2.75) is 24.7 Å². The molecule has 0 aliphatic heterocycles. The number of benzene rings is 2. The summed E-state index contributed by atoms with van der Waals surface area (Å²) in [7, 11) is -1.70. The Morgan fingerprint density at radius 2 is 1.64 bits per heavy atom. The molecule has 0 saturated heterocycles. The molecule has 2 rings (SSSR count). The Balaban J connectivity index is 1.74. The van der Waals surface area contributed by atoms with E-state index in [4.69, 9.17) is 4.74 Å². The van der Waals surface area contributed by atoms with Crippen LogP contribution >= 0.6 is 0 Å². The van der Waals surface area contributed by atoms with E-state index in [1.165, 1.54) is 12.1 Å². The average molecular weight is 404 g/mol. The quantitative estimate of drug-likeness (QED) is 0.626. The average Bonchev–Trinajstić information content (AvgIpc) is 2.71. The van der Waals surface area contributed by atoms with E-state index in [1.807, 2.05) is 0 Å². The maximum Gasteiger partial charge on any atom is 0.251 e. The first kappa shape index (κ1) is 21.4. The molecule has 0 radical (unpaired) electrons. The molecule has 2 amide bonds. The SMILES string of the molecule is CCS(=O)(=O)c1ccc(NC(=O)CCCNC(=O)c2ccc(OC)cc2)cc1. The molecule has 0 spiro atoms. The fourth-order valence-corrected chi connectivity index (χ4v) is 3.32. The molecule has 0 atom stereocenters. The van der Waals surface area contributed by atoms with Crippen molar-refractivity contribution in [3.8, 4) is 5.75 Å². The molecule has 2 N–H and O–H groups in total. The Hall–Kier alpha value is -2.87. The van der Waals surface area contributed by atoms with E-state index in [2.05, 4.69) is 10.6 Å². The van der Waals surface area contributed by atoms with Crippen LogP contribution in [-0.4, -0.2) is 39.6 Å². The number of sulfone groups is 1. The van der Waals surface area contributed by atoms with Crippen molar-refractivity contribution in [1.82, 2.24) is 5.32 Å². The Bertz CT molecular complexity index is 907. The smallest absolute Gasteiger partial charge is 0.251 e. The van der Waals surface area contributed by atoms with Crippen LogP contribution in [0.1, 0.15) is 30.1 Å². The zero-order valence-electron chi connectivity index (χ0n) is 15.9. The lowest BCUT2D eigenvalue weighted by atomic mass is 10.2. The Kier molecular flexibility index (Phi) is 7.57. The summed E-state index contributed by atoms with van der Waals surface area (Å²) in [6.07, 6.45) is 0.716. The summed E-state index contributed by atoms with van der Waals surface area (Å²) >= 11 is 0. The third kappa shape index (κ3) is 6.09. The summed E-state index contributed by atoms with van der Waals surface area (Å²) in [5.74, 6) is 0.287. The highest BCUT2D eigenvalue weighted by Crippen LogP contribution is 2.15. The van der Waals surface area contributed by atoms with Gasteiger partial charge in [0.15, 0.2) is 9.84 Å². The number of amides is 2. The van der Waals surface area contributed by atoms with Crippen LogP contribution in [0.3, 0.4) is 0 Å². The topological polar surface area (TPSA) is 102 Å². The largest absolute Gasteiger partial charge is 0.497 e. The molecule has 0 aliphatic rings. The molecule has 0 unspecified atom stereocenters. The number of rotatable bonds is 9. The van der Waals surface area contributed by atoms with E-state index in [9.17, 15) is 18.0 Å². The second kappa shape index (κ2) is 9.89. The van der Waals surface area contributed by atoms with Crippen molar-refractivity contribution in [1.29, 1.82) is 0 Å². The van der Waals surface area contributed by atoms with Gasteiger partial charge >= 0.3 is 0 Å². The standard InChI is InChI=1S/C20H24N2O5S/c1-3-28(25,26)18-12-8-16(9-13-18)22-19(23)5-4-14-21-20(24)15-6-10-17(27-2)11-7-15/h6-13H,3-5,14H2,1-2H3,(H,21,24)(H,22,23). The van der Waals surface area contributed by atoms with E-state index in [-0.39, 0.29) is 28.9 Å². The number of anilines is 1. The maximum absolute atomic E-state index is 12.0. The number of carbonyl (C=O) groups is 2. The zero-order chi connectivity index (χ0) is 20.6. The summed E-state index contributed by atoms with van der Waals surface area (Å²) in [5, 5.41) is 5.47. The van der Waals surface area contributed by atoms with Crippen molar-refractivity contribution in [2.75, 3.05) is 24.7 Å². The van der Waals surface area contributed by atoms with Gasteiger partial charge in [-0.1, -0.05) is 6.92 Å².